The highest BCUT2D eigenvalue weighted by Crippen LogP contribution is 2.23. The minimum absolute atomic E-state index is 0.109. The molecular formula is C24H29N3O2. The van der Waals surface area contributed by atoms with Gasteiger partial charge >= 0.3 is 0 Å². The zero-order valence-corrected chi connectivity index (χ0v) is 17.6. The highest BCUT2D eigenvalue weighted by Gasteiger charge is 2.07. The number of nitrogens with zero attached hydrogens (tertiary/aromatic N) is 2. The Morgan fingerprint density at radius 2 is 1.93 bits per heavy atom. The Labute approximate surface area is 172 Å². The van der Waals surface area contributed by atoms with E-state index in [-0.39, 0.29) is 5.91 Å². The number of methoxy groups -OCH3 is 1. The summed E-state index contributed by atoms with van der Waals surface area (Å²) in [5, 5.41) is 4.16. The van der Waals surface area contributed by atoms with E-state index in [2.05, 4.69) is 54.3 Å². The molecule has 1 aromatic heterocycles. The number of aromatic nitrogens is 1. The van der Waals surface area contributed by atoms with Crippen molar-refractivity contribution in [3.8, 4) is 5.75 Å². The number of carbonyl (C=O) groups excluding carboxylic acids is 1. The van der Waals surface area contributed by atoms with Crippen LogP contribution in [0.2, 0.25) is 0 Å². The fourth-order valence-corrected chi connectivity index (χ4v) is 3.30. The fraction of sp³-hybridized carbons (Fsp3) is 0.292. The number of nitrogens with one attached hydrogen (secondary N) is 1. The van der Waals surface area contributed by atoms with Crippen molar-refractivity contribution in [1.29, 1.82) is 0 Å². The average Bonchev–Trinajstić information content (AvgIpc) is 3.04. The Morgan fingerprint density at radius 3 is 2.62 bits per heavy atom. The molecule has 0 bridgehead atoms. The summed E-state index contributed by atoms with van der Waals surface area (Å²) < 4.78 is 7.31. The molecule has 3 aromatic rings. The molecule has 3 rings (SSSR count). The first kappa shape index (κ1) is 20.7. The van der Waals surface area contributed by atoms with Crippen LogP contribution in [0.1, 0.15) is 16.7 Å². The van der Waals surface area contributed by atoms with E-state index in [1.54, 1.807) is 13.2 Å². The molecule has 29 heavy (non-hydrogen) atoms. The zero-order chi connectivity index (χ0) is 20.8. The van der Waals surface area contributed by atoms with Gasteiger partial charge in [-0.1, -0.05) is 18.2 Å². The molecular weight excluding hydrogens is 362 g/mol. The van der Waals surface area contributed by atoms with Gasteiger partial charge < -0.3 is 19.5 Å². The van der Waals surface area contributed by atoms with E-state index < -0.39 is 0 Å². The largest absolute Gasteiger partial charge is 0.497 e. The summed E-state index contributed by atoms with van der Waals surface area (Å²) in [6.07, 6.45) is 6.65. The van der Waals surface area contributed by atoms with Gasteiger partial charge in [-0.05, 0) is 67.5 Å². The van der Waals surface area contributed by atoms with Crippen molar-refractivity contribution in [3.63, 3.8) is 0 Å². The highest BCUT2D eigenvalue weighted by atomic mass is 16.5. The van der Waals surface area contributed by atoms with Crippen molar-refractivity contribution in [2.75, 3.05) is 27.7 Å². The Hall–Kier alpha value is -3.05. The quantitative estimate of drug-likeness (QED) is 0.597. The second-order valence-corrected chi connectivity index (χ2v) is 7.49. The van der Waals surface area contributed by atoms with E-state index in [9.17, 15) is 4.79 Å². The van der Waals surface area contributed by atoms with Crippen molar-refractivity contribution in [2.24, 2.45) is 7.05 Å². The first-order valence-corrected chi connectivity index (χ1v) is 9.78. The molecule has 0 radical (unpaired) electrons. The van der Waals surface area contributed by atoms with Crippen molar-refractivity contribution in [2.45, 2.75) is 13.0 Å². The van der Waals surface area contributed by atoms with E-state index in [0.717, 1.165) is 29.8 Å². The maximum Gasteiger partial charge on any atom is 0.244 e. The number of fused-ring (bicyclic) bond motifs is 1. The minimum atomic E-state index is -0.109. The van der Waals surface area contributed by atoms with Gasteiger partial charge in [0, 0.05) is 43.3 Å². The van der Waals surface area contributed by atoms with E-state index in [1.165, 1.54) is 16.5 Å². The molecule has 0 aliphatic carbocycles. The summed E-state index contributed by atoms with van der Waals surface area (Å²) in [6, 6.07) is 14.0. The molecule has 1 amide bonds. The topological polar surface area (TPSA) is 46.5 Å². The van der Waals surface area contributed by atoms with Gasteiger partial charge in [0.15, 0.2) is 0 Å². The monoisotopic (exact) mass is 391 g/mol. The van der Waals surface area contributed by atoms with Crippen molar-refractivity contribution in [3.05, 3.63) is 71.4 Å². The molecule has 0 atom stereocenters. The second-order valence-electron chi connectivity index (χ2n) is 7.49. The third-order valence-electron chi connectivity index (χ3n) is 4.98. The Morgan fingerprint density at radius 1 is 1.17 bits per heavy atom. The lowest BCUT2D eigenvalue weighted by Crippen LogP contribution is -2.20. The van der Waals surface area contributed by atoms with Crippen LogP contribution in [0.4, 0.5) is 0 Å². The lowest BCUT2D eigenvalue weighted by Gasteiger charge is -2.08. The predicted molar refractivity (Wildman–Crippen MR) is 119 cm³/mol. The Kier molecular flexibility index (Phi) is 6.73. The maximum absolute atomic E-state index is 12.2. The van der Waals surface area contributed by atoms with Crippen LogP contribution >= 0.6 is 0 Å². The molecule has 0 aliphatic rings. The first-order valence-electron chi connectivity index (χ1n) is 9.78. The smallest absolute Gasteiger partial charge is 0.244 e. The number of ether oxygens (including phenoxy) is 1. The number of aryl methyl sites for hydroxylation is 1. The van der Waals surface area contributed by atoms with Gasteiger partial charge in [0.2, 0.25) is 5.91 Å². The van der Waals surface area contributed by atoms with Gasteiger partial charge in [-0.3, -0.25) is 4.79 Å². The standard InChI is InChI=1S/C24H29N3O2/c1-26(2)14-13-20-17-27(3)23-11-7-18(15-22(20)23)8-12-24(28)25-16-19-5-9-21(29-4)10-6-19/h5-12,15,17H,13-14,16H2,1-4H3,(H,25,28). The molecule has 0 spiro atoms. The van der Waals surface area contributed by atoms with Crippen molar-refractivity contribution >= 4 is 22.9 Å². The van der Waals surface area contributed by atoms with E-state index in [4.69, 9.17) is 4.74 Å². The van der Waals surface area contributed by atoms with Gasteiger partial charge in [-0.15, -0.1) is 0 Å². The van der Waals surface area contributed by atoms with Gasteiger partial charge in [0.25, 0.3) is 0 Å². The molecule has 0 aliphatic heterocycles. The highest BCUT2D eigenvalue weighted by molar-refractivity contribution is 5.93. The number of rotatable bonds is 8. The molecule has 0 saturated heterocycles. The van der Waals surface area contributed by atoms with Crippen LogP contribution in [0, 0.1) is 0 Å². The molecule has 0 unspecified atom stereocenters. The predicted octanol–water partition coefficient (Wildman–Crippen LogP) is 3.62. The summed E-state index contributed by atoms with van der Waals surface area (Å²) in [5.74, 6) is 0.697. The fourth-order valence-electron chi connectivity index (χ4n) is 3.30. The van der Waals surface area contributed by atoms with Gasteiger partial charge in [-0.25, -0.2) is 0 Å². The molecule has 1 N–H and O–H groups in total. The summed E-state index contributed by atoms with van der Waals surface area (Å²) in [6.45, 7) is 1.49. The van der Waals surface area contributed by atoms with Crippen LogP contribution in [-0.4, -0.2) is 43.1 Å². The molecule has 0 fully saturated rings. The normalized spacial score (nSPS) is 11.5. The molecule has 152 valence electrons. The number of hydrogen-bond donors (Lipinski definition) is 1. The second kappa shape index (κ2) is 9.43. The van der Waals surface area contributed by atoms with Crippen LogP contribution in [0.3, 0.4) is 0 Å². The number of likely N-dealkylation sites (N-methyl/N-ethyl adjacent to an activating group) is 1. The van der Waals surface area contributed by atoms with Crippen LogP contribution in [-0.2, 0) is 24.8 Å². The van der Waals surface area contributed by atoms with Crippen LogP contribution < -0.4 is 10.1 Å². The van der Waals surface area contributed by atoms with Crippen LogP contribution in [0.15, 0.2) is 54.7 Å². The number of amides is 1. The number of carbonyl (C=O) groups is 1. The van der Waals surface area contributed by atoms with E-state index >= 15 is 0 Å². The van der Waals surface area contributed by atoms with Crippen LogP contribution in [0.25, 0.3) is 17.0 Å². The molecule has 5 nitrogen and oxygen atoms in total. The maximum atomic E-state index is 12.2. The summed E-state index contributed by atoms with van der Waals surface area (Å²) >= 11 is 0. The van der Waals surface area contributed by atoms with Crippen LogP contribution in [0.5, 0.6) is 5.75 Å². The number of hydrogen-bond acceptors (Lipinski definition) is 3. The molecule has 5 heteroatoms. The van der Waals surface area contributed by atoms with Crippen molar-refractivity contribution in [1.82, 2.24) is 14.8 Å². The van der Waals surface area contributed by atoms with E-state index in [1.807, 2.05) is 36.4 Å². The zero-order valence-electron chi connectivity index (χ0n) is 17.6. The summed E-state index contributed by atoms with van der Waals surface area (Å²) in [5.41, 5.74) is 4.59. The third kappa shape index (κ3) is 5.48. The van der Waals surface area contributed by atoms with E-state index in [0.29, 0.717) is 6.54 Å². The van der Waals surface area contributed by atoms with Gasteiger partial charge in [0.1, 0.15) is 5.75 Å². The molecule has 1 heterocycles. The molecule has 0 saturated carbocycles. The third-order valence-corrected chi connectivity index (χ3v) is 4.98. The van der Waals surface area contributed by atoms with Crippen molar-refractivity contribution < 1.29 is 9.53 Å². The lowest BCUT2D eigenvalue weighted by atomic mass is 10.1. The van der Waals surface area contributed by atoms with Gasteiger partial charge in [-0.2, -0.15) is 0 Å². The SMILES string of the molecule is COc1ccc(CNC(=O)C=Cc2ccc3c(c2)c(CCN(C)C)cn3C)cc1. The summed E-state index contributed by atoms with van der Waals surface area (Å²) in [4.78, 5) is 14.4. The number of benzene rings is 2. The molecule has 2 aromatic carbocycles. The lowest BCUT2D eigenvalue weighted by molar-refractivity contribution is -0.116. The first-order chi connectivity index (χ1) is 14.0. The minimum Gasteiger partial charge on any atom is -0.497 e. The van der Waals surface area contributed by atoms with Gasteiger partial charge in [0.05, 0.1) is 7.11 Å². The Balaban J connectivity index is 1.65. The Bertz CT molecular complexity index is 1000. The summed E-state index contributed by atoms with van der Waals surface area (Å²) in [7, 11) is 7.89. The average molecular weight is 392 g/mol.